The van der Waals surface area contributed by atoms with Gasteiger partial charge in [-0.1, -0.05) is 6.07 Å². The van der Waals surface area contributed by atoms with Crippen molar-refractivity contribution in [1.29, 1.82) is 0 Å². The van der Waals surface area contributed by atoms with Crippen LogP contribution in [-0.4, -0.2) is 25.3 Å². The zero-order valence-corrected chi connectivity index (χ0v) is 11.6. The second-order valence-electron chi connectivity index (χ2n) is 5.03. The van der Waals surface area contributed by atoms with Crippen LogP contribution in [0.1, 0.15) is 32.1 Å². The number of aryl methyl sites for hydroxylation is 1. The predicted octanol–water partition coefficient (Wildman–Crippen LogP) is 3.08. The number of hydrogen-bond acceptors (Lipinski definition) is 3. The molecule has 0 fully saturated rings. The maximum absolute atomic E-state index is 5.79. The minimum absolute atomic E-state index is 0.0436. The van der Waals surface area contributed by atoms with Crippen molar-refractivity contribution in [2.45, 2.75) is 45.3 Å². The van der Waals surface area contributed by atoms with E-state index in [1.807, 2.05) is 18.4 Å². The van der Waals surface area contributed by atoms with Crippen LogP contribution < -0.4 is 5.32 Å². The number of thiophene rings is 1. The van der Waals surface area contributed by atoms with Gasteiger partial charge in [0.1, 0.15) is 0 Å². The Balaban J connectivity index is 2.27. The van der Waals surface area contributed by atoms with Crippen molar-refractivity contribution in [3.05, 3.63) is 22.4 Å². The lowest BCUT2D eigenvalue weighted by atomic mass is 10.1. The molecule has 1 aromatic heterocycles. The molecule has 0 spiro atoms. The molecule has 0 aliphatic rings. The minimum atomic E-state index is -0.0436. The molecule has 92 valence electrons. The highest BCUT2D eigenvalue weighted by atomic mass is 32.1. The van der Waals surface area contributed by atoms with Crippen LogP contribution in [0.3, 0.4) is 0 Å². The van der Waals surface area contributed by atoms with Crippen molar-refractivity contribution in [2.24, 2.45) is 0 Å². The van der Waals surface area contributed by atoms with Gasteiger partial charge in [0.2, 0.25) is 0 Å². The van der Waals surface area contributed by atoms with Crippen LogP contribution in [0, 0.1) is 0 Å². The van der Waals surface area contributed by atoms with Crippen LogP contribution >= 0.6 is 11.3 Å². The number of nitrogens with one attached hydrogen (secondary N) is 1. The lowest BCUT2D eigenvalue weighted by molar-refractivity contribution is -0.0144. The summed E-state index contributed by atoms with van der Waals surface area (Å²) in [5.41, 5.74) is -0.0436. The van der Waals surface area contributed by atoms with Gasteiger partial charge in [0.05, 0.1) is 12.2 Å². The molecule has 0 saturated heterocycles. The molecule has 16 heavy (non-hydrogen) atoms. The molecule has 0 aliphatic heterocycles. The number of ether oxygens (including phenoxy) is 1. The number of likely N-dealkylation sites (N-methyl/N-ethyl adjacent to an activating group) is 1. The van der Waals surface area contributed by atoms with E-state index in [9.17, 15) is 0 Å². The summed E-state index contributed by atoms with van der Waals surface area (Å²) in [6.45, 7) is 7.07. The molecule has 1 unspecified atom stereocenters. The fraction of sp³-hybridized carbons (Fsp3) is 0.692. The Morgan fingerprint density at radius 2 is 2.19 bits per heavy atom. The highest BCUT2D eigenvalue weighted by molar-refractivity contribution is 7.09. The van der Waals surface area contributed by atoms with E-state index in [0.29, 0.717) is 6.04 Å². The largest absolute Gasteiger partial charge is 0.374 e. The quantitative estimate of drug-likeness (QED) is 0.826. The summed E-state index contributed by atoms with van der Waals surface area (Å²) in [7, 11) is 2.01. The lowest BCUT2D eigenvalue weighted by Crippen LogP contribution is -2.34. The molecule has 0 aromatic carbocycles. The molecule has 1 atom stereocenters. The van der Waals surface area contributed by atoms with Crippen molar-refractivity contribution in [2.75, 3.05) is 13.7 Å². The van der Waals surface area contributed by atoms with Gasteiger partial charge in [-0.2, -0.15) is 0 Å². The summed E-state index contributed by atoms with van der Waals surface area (Å²) in [4.78, 5) is 1.45. The van der Waals surface area contributed by atoms with Crippen molar-refractivity contribution in [3.63, 3.8) is 0 Å². The Hall–Kier alpha value is -0.380. The third kappa shape index (κ3) is 5.64. The van der Waals surface area contributed by atoms with Gasteiger partial charge in [0.25, 0.3) is 0 Å². The molecule has 0 bridgehead atoms. The number of hydrogen-bond donors (Lipinski definition) is 1. The van der Waals surface area contributed by atoms with Crippen LogP contribution in [0.2, 0.25) is 0 Å². The molecule has 0 aliphatic carbocycles. The van der Waals surface area contributed by atoms with E-state index in [0.717, 1.165) is 19.4 Å². The van der Waals surface area contributed by atoms with Gasteiger partial charge in [0.15, 0.2) is 0 Å². The van der Waals surface area contributed by atoms with E-state index in [2.05, 4.69) is 43.6 Å². The fourth-order valence-electron chi connectivity index (χ4n) is 1.43. The Bertz CT molecular complexity index is 277. The van der Waals surface area contributed by atoms with E-state index in [1.165, 1.54) is 4.88 Å². The summed E-state index contributed by atoms with van der Waals surface area (Å²) < 4.78 is 5.79. The van der Waals surface area contributed by atoms with Crippen LogP contribution in [0.25, 0.3) is 0 Å². The van der Waals surface area contributed by atoms with Crippen molar-refractivity contribution < 1.29 is 4.74 Å². The first-order chi connectivity index (χ1) is 7.51. The summed E-state index contributed by atoms with van der Waals surface area (Å²) in [5.74, 6) is 0. The smallest absolute Gasteiger partial charge is 0.0626 e. The molecule has 0 amide bonds. The van der Waals surface area contributed by atoms with Gasteiger partial charge in [-0.05, 0) is 52.1 Å². The maximum atomic E-state index is 5.79. The van der Waals surface area contributed by atoms with Gasteiger partial charge in [0, 0.05) is 10.9 Å². The molecule has 2 nitrogen and oxygen atoms in total. The van der Waals surface area contributed by atoms with Crippen LogP contribution in [0.5, 0.6) is 0 Å². The van der Waals surface area contributed by atoms with Crippen LogP contribution in [0.4, 0.5) is 0 Å². The molecule has 1 heterocycles. The van der Waals surface area contributed by atoms with E-state index in [1.54, 1.807) is 0 Å². The summed E-state index contributed by atoms with van der Waals surface area (Å²) >= 11 is 1.83. The molecular weight excluding hydrogens is 218 g/mol. The minimum Gasteiger partial charge on any atom is -0.374 e. The average molecular weight is 241 g/mol. The Labute approximate surface area is 103 Å². The van der Waals surface area contributed by atoms with Crippen LogP contribution in [-0.2, 0) is 11.2 Å². The molecule has 1 N–H and O–H groups in total. The van der Waals surface area contributed by atoms with Crippen molar-refractivity contribution in [1.82, 2.24) is 5.32 Å². The van der Waals surface area contributed by atoms with Crippen molar-refractivity contribution in [3.8, 4) is 0 Å². The first-order valence-corrected chi connectivity index (χ1v) is 6.73. The molecule has 0 radical (unpaired) electrons. The molecular formula is C13H23NOS. The third-order valence-electron chi connectivity index (χ3n) is 2.45. The molecule has 1 aromatic rings. The van der Waals surface area contributed by atoms with Gasteiger partial charge in [-0.3, -0.25) is 0 Å². The second-order valence-corrected chi connectivity index (χ2v) is 6.06. The highest BCUT2D eigenvalue weighted by Gasteiger charge is 2.14. The zero-order chi connectivity index (χ0) is 12.0. The predicted molar refractivity (Wildman–Crippen MR) is 71.2 cm³/mol. The first-order valence-electron chi connectivity index (χ1n) is 5.85. The lowest BCUT2D eigenvalue weighted by Gasteiger charge is -2.24. The first kappa shape index (κ1) is 13.7. The van der Waals surface area contributed by atoms with E-state index in [-0.39, 0.29) is 5.60 Å². The Kier molecular flexibility index (Phi) is 5.46. The Morgan fingerprint density at radius 1 is 1.44 bits per heavy atom. The van der Waals surface area contributed by atoms with Gasteiger partial charge < -0.3 is 10.1 Å². The normalized spacial score (nSPS) is 14.0. The average Bonchev–Trinajstić information content (AvgIpc) is 2.69. The van der Waals surface area contributed by atoms with Gasteiger partial charge in [-0.15, -0.1) is 11.3 Å². The summed E-state index contributed by atoms with van der Waals surface area (Å²) in [6, 6.07) is 4.75. The summed E-state index contributed by atoms with van der Waals surface area (Å²) in [5, 5.41) is 5.45. The van der Waals surface area contributed by atoms with E-state index in [4.69, 9.17) is 4.74 Å². The van der Waals surface area contributed by atoms with Gasteiger partial charge in [-0.25, -0.2) is 0 Å². The van der Waals surface area contributed by atoms with Gasteiger partial charge >= 0.3 is 0 Å². The summed E-state index contributed by atoms with van der Waals surface area (Å²) in [6.07, 6.45) is 2.27. The molecule has 1 rings (SSSR count). The zero-order valence-electron chi connectivity index (χ0n) is 10.7. The Morgan fingerprint density at radius 3 is 2.69 bits per heavy atom. The SMILES string of the molecule is CNC(CCc1cccs1)COC(C)(C)C. The monoisotopic (exact) mass is 241 g/mol. The van der Waals surface area contributed by atoms with Crippen molar-refractivity contribution >= 4 is 11.3 Å². The third-order valence-corrected chi connectivity index (χ3v) is 3.38. The standard InChI is InChI=1S/C13H23NOS/c1-13(2,3)15-10-11(14-4)7-8-12-6-5-9-16-12/h5-6,9,11,14H,7-8,10H2,1-4H3. The van der Waals surface area contributed by atoms with Crippen LogP contribution in [0.15, 0.2) is 17.5 Å². The highest BCUT2D eigenvalue weighted by Crippen LogP contribution is 2.13. The second kappa shape index (κ2) is 6.38. The van der Waals surface area contributed by atoms with E-state index >= 15 is 0 Å². The number of rotatable bonds is 6. The fourth-order valence-corrected chi connectivity index (χ4v) is 2.16. The molecule has 0 saturated carbocycles. The topological polar surface area (TPSA) is 21.3 Å². The van der Waals surface area contributed by atoms with E-state index < -0.39 is 0 Å². The molecule has 3 heteroatoms. The maximum Gasteiger partial charge on any atom is 0.0626 e.